The Kier molecular flexibility index (Phi) is 7.31. The van der Waals surface area contributed by atoms with Gasteiger partial charge in [-0.3, -0.25) is 4.79 Å². The van der Waals surface area contributed by atoms with E-state index in [-0.39, 0.29) is 11.9 Å². The summed E-state index contributed by atoms with van der Waals surface area (Å²) in [4.78, 5) is 11.7. The topological polar surface area (TPSA) is 41.1 Å². The Morgan fingerprint density at radius 3 is 2.35 bits per heavy atom. The summed E-state index contributed by atoms with van der Waals surface area (Å²) in [5.41, 5.74) is 2.57. The molecular formula is C17H28N2O. The first kappa shape index (κ1) is 16.7. The molecule has 2 atom stereocenters. The minimum absolute atomic E-state index is 0.130. The van der Waals surface area contributed by atoms with Crippen LogP contribution in [0.1, 0.15) is 57.2 Å². The molecule has 1 aromatic rings. The van der Waals surface area contributed by atoms with E-state index < -0.39 is 0 Å². The molecule has 0 saturated heterocycles. The summed E-state index contributed by atoms with van der Waals surface area (Å²) in [5, 5.41) is 6.46. The number of benzene rings is 1. The van der Waals surface area contributed by atoms with E-state index >= 15 is 0 Å². The van der Waals surface area contributed by atoms with E-state index in [0.29, 0.717) is 19.0 Å². The van der Waals surface area contributed by atoms with Crippen molar-refractivity contribution in [1.29, 1.82) is 0 Å². The second-order valence-electron chi connectivity index (χ2n) is 5.45. The van der Waals surface area contributed by atoms with Gasteiger partial charge in [-0.25, -0.2) is 0 Å². The van der Waals surface area contributed by atoms with Crippen LogP contribution in [0.25, 0.3) is 0 Å². The second kappa shape index (κ2) is 8.75. The summed E-state index contributed by atoms with van der Waals surface area (Å²) in [7, 11) is 0. The van der Waals surface area contributed by atoms with Gasteiger partial charge in [0.05, 0.1) is 0 Å². The van der Waals surface area contributed by atoms with Gasteiger partial charge < -0.3 is 10.6 Å². The fourth-order valence-corrected chi connectivity index (χ4v) is 2.11. The number of hydrogen-bond acceptors (Lipinski definition) is 2. The summed E-state index contributed by atoms with van der Waals surface area (Å²) in [5.74, 6) is 0.130. The number of hydrogen-bond donors (Lipinski definition) is 2. The molecule has 0 saturated carbocycles. The Hall–Kier alpha value is -1.35. The molecule has 0 fully saturated rings. The average Bonchev–Trinajstić information content (AvgIpc) is 2.44. The molecule has 0 heterocycles. The first-order valence-electron chi connectivity index (χ1n) is 7.66. The molecule has 1 rings (SSSR count). The van der Waals surface area contributed by atoms with E-state index in [4.69, 9.17) is 0 Å². The van der Waals surface area contributed by atoms with Gasteiger partial charge in [0, 0.05) is 25.0 Å². The van der Waals surface area contributed by atoms with E-state index in [0.717, 1.165) is 12.8 Å². The number of rotatable bonds is 8. The molecule has 0 aliphatic heterocycles. The van der Waals surface area contributed by atoms with Crippen molar-refractivity contribution in [3.8, 4) is 0 Å². The molecule has 0 aliphatic rings. The van der Waals surface area contributed by atoms with E-state index in [9.17, 15) is 4.79 Å². The SMILES string of the molecule is CCC(C)NC(=O)CCNC(CC)c1ccc(C)cc1. The van der Waals surface area contributed by atoms with Gasteiger partial charge in [-0.05, 0) is 32.3 Å². The van der Waals surface area contributed by atoms with Crippen molar-refractivity contribution in [1.82, 2.24) is 10.6 Å². The molecule has 112 valence electrons. The molecule has 0 radical (unpaired) electrons. The Morgan fingerprint density at radius 1 is 1.15 bits per heavy atom. The van der Waals surface area contributed by atoms with Crippen molar-refractivity contribution in [2.24, 2.45) is 0 Å². The summed E-state index contributed by atoms with van der Waals surface area (Å²) in [6, 6.07) is 9.18. The number of aryl methyl sites for hydroxylation is 1. The van der Waals surface area contributed by atoms with Gasteiger partial charge >= 0.3 is 0 Å². The van der Waals surface area contributed by atoms with Crippen LogP contribution in [0.15, 0.2) is 24.3 Å². The Bertz CT molecular complexity index is 400. The molecule has 1 aromatic carbocycles. The third-order valence-corrected chi connectivity index (χ3v) is 3.65. The molecule has 2 unspecified atom stereocenters. The maximum absolute atomic E-state index is 11.7. The van der Waals surface area contributed by atoms with Gasteiger partial charge in [-0.15, -0.1) is 0 Å². The minimum atomic E-state index is 0.130. The smallest absolute Gasteiger partial charge is 0.221 e. The molecule has 0 bridgehead atoms. The molecule has 0 aromatic heterocycles. The summed E-state index contributed by atoms with van der Waals surface area (Å²) < 4.78 is 0. The predicted octanol–water partition coefficient (Wildman–Crippen LogP) is 3.34. The molecular weight excluding hydrogens is 248 g/mol. The van der Waals surface area contributed by atoms with Gasteiger partial charge in [-0.2, -0.15) is 0 Å². The van der Waals surface area contributed by atoms with Crippen LogP contribution in [0.3, 0.4) is 0 Å². The highest BCUT2D eigenvalue weighted by Crippen LogP contribution is 2.16. The third kappa shape index (κ3) is 5.74. The Labute approximate surface area is 123 Å². The normalized spacial score (nSPS) is 13.8. The van der Waals surface area contributed by atoms with Crippen LogP contribution in [0.5, 0.6) is 0 Å². The second-order valence-corrected chi connectivity index (χ2v) is 5.45. The van der Waals surface area contributed by atoms with Crippen molar-refractivity contribution in [2.45, 2.75) is 59.0 Å². The fraction of sp³-hybridized carbons (Fsp3) is 0.588. The Balaban J connectivity index is 2.38. The lowest BCUT2D eigenvalue weighted by atomic mass is 10.0. The highest BCUT2D eigenvalue weighted by molar-refractivity contribution is 5.76. The van der Waals surface area contributed by atoms with Crippen molar-refractivity contribution >= 4 is 5.91 Å². The summed E-state index contributed by atoms with van der Waals surface area (Å²) >= 11 is 0. The lowest BCUT2D eigenvalue weighted by molar-refractivity contribution is -0.121. The molecule has 1 amide bonds. The first-order chi connectivity index (χ1) is 9.56. The number of amides is 1. The summed E-state index contributed by atoms with van der Waals surface area (Å²) in [6.45, 7) is 9.09. The molecule has 3 nitrogen and oxygen atoms in total. The van der Waals surface area contributed by atoms with E-state index in [2.05, 4.69) is 55.7 Å². The first-order valence-corrected chi connectivity index (χ1v) is 7.66. The van der Waals surface area contributed by atoms with Gasteiger partial charge in [0.2, 0.25) is 5.91 Å². The molecule has 0 aliphatic carbocycles. The lowest BCUT2D eigenvalue weighted by Crippen LogP contribution is -2.34. The van der Waals surface area contributed by atoms with Crippen LogP contribution in [-0.4, -0.2) is 18.5 Å². The number of carbonyl (C=O) groups excluding carboxylic acids is 1. The zero-order chi connectivity index (χ0) is 15.0. The Morgan fingerprint density at radius 2 is 1.80 bits per heavy atom. The monoisotopic (exact) mass is 276 g/mol. The maximum atomic E-state index is 11.7. The van der Waals surface area contributed by atoms with Crippen molar-refractivity contribution in [2.75, 3.05) is 6.54 Å². The maximum Gasteiger partial charge on any atom is 0.221 e. The van der Waals surface area contributed by atoms with Gasteiger partial charge in [0.25, 0.3) is 0 Å². The molecule has 3 heteroatoms. The van der Waals surface area contributed by atoms with Crippen molar-refractivity contribution in [3.05, 3.63) is 35.4 Å². The minimum Gasteiger partial charge on any atom is -0.354 e. The van der Waals surface area contributed by atoms with E-state index in [1.807, 2.05) is 6.92 Å². The van der Waals surface area contributed by atoms with Gasteiger partial charge in [0.1, 0.15) is 0 Å². The zero-order valence-corrected chi connectivity index (χ0v) is 13.2. The largest absolute Gasteiger partial charge is 0.354 e. The number of carbonyl (C=O) groups is 1. The quantitative estimate of drug-likeness (QED) is 0.764. The van der Waals surface area contributed by atoms with Crippen LogP contribution in [-0.2, 0) is 4.79 Å². The predicted molar refractivity (Wildman–Crippen MR) is 84.7 cm³/mol. The standard InChI is InChI=1S/C17H28N2O/c1-5-14(4)19-17(20)11-12-18-16(6-2)15-9-7-13(3)8-10-15/h7-10,14,16,18H,5-6,11-12H2,1-4H3,(H,19,20). The molecule has 0 spiro atoms. The fourth-order valence-electron chi connectivity index (χ4n) is 2.11. The van der Waals surface area contributed by atoms with Gasteiger partial charge in [0.15, 0.2) is 0 Å². The van der Waals surface area contributed by atoms with Crippen LogP contribution >= 0.6 is 0 Å². The highest BCUT2D eigenvalue weighted by Gasteiger charge is 2.10. The average molecular weight is 276 g/mol. The zero-order valence-electron chi connectivity index (χ0n) is 13.2. The van der Waals surface area contributed by atoms with Gasteiger partial charge in [-0.1, -0.05) is 43.7 Å². The highest BCUT2D eigenvalue weighted by atomic mass is 16.1. The van der Waals surface area contributed by atoms with Crippen LogP contribution in [0, 0.1) is 6.92 Å². The van der Waals surface area contributed by atoms with Crippen LogP contribution in [0.4, 0.5) is 0 Å². The van der Waals surface area contributed by atoms with E-state index in [1.54, 1.807) is 0 Å². The van der Waals surface area contributed by atoms with Crippen molar-refractivity contribution < 1.29 is 4.79 Å². The van der Waals surface area contributed by atoms with E-state index in [1.165, 1.54) is 11.1 Å². The lowest BCUT2D eigenvalue weighted by Gasteiger charge is -2.18. The molecule has 20 heavy (non-hydrogen) atoms. The third-order valence-electron chi connectivity index (χ3n) is 3.65. The molecule has 2 N–H and O–H groups in total. The van der Waals surface area contributed by atoms with Crippen molar-refractivity contribution in [3.63, 3.8) is 0 Å². The summed E-state index contributed by atoms with van der Waals surface area (Å²) in [6.07, 6.45) is 2.53. The number of nitrogens with one attached hydrogen (secondary N) is 2. The van der Waals surface area contributed by atoms with Crippen LogP contribution < -0.4 is 10.6 Å². The van der Waals surface area contributed by atoms with Crippen LogP contribution in [0.2, 0.25) is 0 Å².